The number of hydrogen-bond donors (Lipinski definition) is 1. The van der Waals surface area contributed by atoms with Crippen molar-refractivity contribution >= 4 is 0 Å². The normalized spacial score (nSPS) is 13.8. The van der Waals surface area contributed by atoms with Gasteiger partial charge in [-0.15, -0.1) is 0 Å². The molecule has 0 aliphatic carbocycles. The second kappa shape index (κ2) is 6.06. The van der Waals surface area contributed by atoms with Crippen LogP contribution in [-0.4, -0.2) is 12.6 Å². The van der Waals surface area contributed by atoms with Gasteiger partial charge in [-0.3, -0.25) is 0 Å². The molecule has 0 saturated carbocycles. The summed E-state index contributed by atoms with van der Waals surface area (Å²) < 4.78 is 18.1. The van der Waals surface area contributed by atoms with E-state index in [9.17, 15) is 4.39 Å². The lowest BCUT2D eigenvalue weighted by atomic mass is 9.87. The van der Waals surface area contributed by atoms with Crippen LogP contribution in [0.5, 0.6) is 5.75 Å². The van der Waals surface area contributed by atoms with E-state index >= 15 is 0 Å². The summed E-state index contributed by atoms with van der Waals surface area (Å²) in [5, 5.41) is 0. The van der Waals surface area contributed by atoms with Crippen molar-refractivity contribution in [2.24, 2.45) is 5.73 Å². The Hall–Kier alpha value is -1.87. The van der Waals surface area contributed by atoms with Crippen LogP contribution >= 0.6 is 0 Å². The summed E-state index contributed by atoms with van der Waals surface area (Å²) in [4.78, 5) is 0. The Balaban J connectivity index is 2.07. The Morgan fingerprint density at radius 2 is 1.70 bits per heavy atom. The van der Waals surface area contributed by atoms with Crippen LogP contribution in [0, 0.1) is 5.82 Å². The zero-order valence-electron chi connectivity index (χ0n) is 11.9. The van der Waals surface area contributed by atoms with Crippen molar-refractivity contribution in [3.63, 3.8) is 0 Å². The number of ether oxygens (including phenoxy) is 1. The molecule has 0 bridgehead atoms. The average molecular weight is 273 g/mol. The first kappa shape index (κ1) is 14.5. The summed E-state index contributed by atoms with van der Waals surface area (Å²) in [7, 11) is 1.65. The van der Waals surface area contributed by atoms with Gasteiger partial charge in [-0.2, -0.15) is 0 Å². The third-order valence-corrected chi connectivity index (χ3v) is 3.26. The molecule has 0 aliphatic rings. The van der Waals surface area contributed by atoms with E-state index in [2.05, 4.69) is 0 Å². The highest BCUT2D eigenvalue weighted by molar-refractivity contribution is 5.30. The van der Waals surface area contributed by atoms with Gasteiger partial charge in [0.2, 0.25) is 0 Å². The fraction of sp³-hybridized carbons (Fsp3) is 0.294. The Kier molecular flexibility index (Phi) is 4.40. The lowest BCUT2D eigenvalue weighted by molar-refractivity contribution is 0.412. The van der Waals surface area contributed by atoms with Crippen molar-refractivity contribution in [1.29, 1.82) is 0 Å². The largest absolute Gasteiger partial charge is 0.497 e. The maximum atomic E-state index is 12.9. The molecule has 0 saturated heterocycles. The Morgan fingerprint density at radius 1 is 1.05 bits per heavy atom. The van der Waals surface area contributed by atoms with Gasteiger partial charge in [0, 0.05) is 5.54 Å². The fourth-order valence-corrected chi connectivity index (χ4v) is 2.38. The van der Waals surface area contributed by atoms with E-state index in [-0.39, 0.29) is 11.4 Å². The zero-order chi connectivity index (χ0) is 14.6. The maximum Gasteiger partial charge on any atom is 0.123 e. The number of benzene rings is 2. The number of rotatable bonds is 5. The van der Waals surface area contributed by atoms with E-state index in [4.69, 9.17) is 10.5 Å². The minimum absolute atomic E-state index is 0.222. The van der Waals surface area contributed by atoms with Crippen LogP contribution in [-0.2, 0) is 12.8 Å². The van der Waals surface area contributed by atoms with E-state index in [1.54, 1.807) is 19.2 Å². The second-order valence-corrected chi connectivity index (χ2v) is 5.49. The van der Waals surface area contributed by atoms with Gasteiger partial charge in [-0.05, 0) is 55.2 Å². The van der Waals surface area contributed by atoms with Gasteiger partial charge >= 0.3 is 0 Å². The highest BCUT2D eigenvalue weighted by Crippen LogP contribution is 2.20. The number of hydrogen-bond acceptors (Lipinski definition) is 2. The molecular formula is C17H20FNO. The molecule has 20 heavy (non-hydrogen) atoms. The highest BCUT2D eigenvalue weighted by Gasteiger charge is 2.20. The van der Waals surface area contributed by atoms with Gasteiger partial charge in [0.1, 0.15) is 11.6 Å². The lowest BCUT2D eigenvalue weighted by Crippen LogP contribution is -2.40. The molecule has 2 rings (SSSR count). The Bertz CT molecular complexity index is 563. The topological polar surface area (TPSA) is 35.2 Å². The van der Waals surface area contributed by atoms with Crippen LogP contribution in [0.3, 0.4) is 0 Å². The van der Waals surface area contributed by atoms with Gasteiger partial charge in [0.05, 0.1) is 7.11 Å². The molecule has 0 fully saturated rings. The molecular weight excluding hydrogens is 253 g/mol. The molecule has 1 unspecified atom stereocenters. The monoisotopic (exact) mass is 273 g/mol. The van der Waals surface area contributed by atoms with Crippen LogP contribution < -0.4 is 10.5 Å². The summed E-state index contributed by atoms with van der Waals surface area (Å²) >= 11 is 0. The maximum absolute atomic E-state index is 12.9. The highest BCUT2D eigenvalue weighted by atomic mass is 19.1. The molecule has 2 nitrogen and oxygen atoms in total. The smallest absolute Gasteiger partial charge is 0.123 e. The van der Waals surface area contributed by atoms with Crippen molar-refractivity contribution in [2.75, 3.05) is 7.11 Å². The third-order valence-electron chi connectivity index (χ3n) is 3.26. The summed E-state index contributed by atoms with van der Waals surface area (Å²) in [6.45, 7) is 2.01. The second-order valence-electron chi connectivity index (χ2n) is 5.49. The number of nitrogens with two attached hydrogens (primary N) is 1. The zero-order valence-corrected chi connectivity index (χ0v) is 11.9. The van der Waals surface area contributed by atoms with E-state index in [0.29, 0.717) is 6.42 Å². The Morgan fingerprint density at radius 3 is 2.35 bits per heavy atom. The summed E-state index contributed by atoms with van der Waals surface area (Å²) in [6.07, 6.45) is 1.44. The van der Waals surface area contributed by atoms with Gasteiger partial charge in [0.25, 0.3) is 0 Å². The average Bonchev–Trinajstić information content (AvgIpc) is 2.41. The van der Waals surface area contributed by atoms with Crippen molar-refractivity contribution in [2.45, 2.75) is 25.3 Å². The molecule has 106 valence electrons. The number of methoxy groups -OCH3 is 1. The molecule has 2 N–H and O–H groups in total. The molecule has 0 amide bonds. The van der Waals surface area contributed by atoms with Crippen LogP contribution in [0.25, 0.3) is 0 Å². The Labute approximate surface area is 119 Å². The first-order chi connectivity index (χ1) is 9.48. The molecule has 0 aliphatic heterocycles. The lowest BCUT2D eigenvalue weighted by Gasteiger charge is -2.25. The standard InChI is InChI=1S/C17H20FNO/c1-17(19,11-13-6-8-15(18)9-7-13)12-14-4-3-5-16(10-14)20-2/h3-10H,11-12,19H2,1-2H3. The molecule has 0 heterocycles. The summed E-state index contributed by atoms with van der Waals surface area (Å²) in [5.74, 6) is 0.611. The predicted molar refractivity (Wildman–Crippen MR) is 79.4 cm³/mol. The van der Waals surface area contributed by atoms with E-state index < -0.39 is 0 Å². The molecule has 2 aromatic carbocycles. The third kappa shape index (κ3) is 4.07. The summed E-state index contributed by atoms with van der Waals surface area (Å²) in [6, 6.07) is 14.4. The van der Waals surface area contributed by atoms with E-state index in [1.807, 2.05) is 31.2 Å². The fourth-order valence-electron chi connectivity index (χ4n) is 2.38. The minimum atomic E-state index is -0.385. The van der Waals surface area contributed by atoms with Gasteiger partial charge in [-0.25, -0.2) is 4.39 Å². The van der Waals surface area contributed by atoms with Crippen molar-refractivity contribution in [3.05, 3.63) is 65.5 Å². The van der Waals surface area contributed by atoms with Crippen LogP contribution in [0.4, 0.5) is 4.39 Å². The van der Waals surface area contributed by atoms with Crippen LogP contribution in [0.15, 0.2) is 48.5 Å². The number of halogens is 1. The molecule has 2 aromatic rings. The van der Waals surface area contributed by atoms with Crippen LogP contribution in [0.2, 0.25) is 0 Å². The first-order valence-electron chi connectivity index (χ1n) is 6.65. The van der Waals surface area contributed by atoms with Crippen molar-refractivity contribution < 1.29 is 9.13 Å². The van der Waals surface area contributed by atoms with Gasteiger partial charge < -0.3 is 10.5 Å². The first-order valence-corrected chi connectivity index (χ1v) is 6.65. The minimum Gasteiger partial charge on any atom is -0.497 e. The van der Waals surface area contributed by atoms with Crippen molar-refractivity contribution in [1.82, 2.24) is 0 Å². The van der Waals surface area contributed by atoms with Gasteiger partial charge in [0.15, 0.2) is 0 Å². The van der Waals surface area contributed by atoms with E-state index in [0.717, 1.165) is 23.3 Å². The molecule has 0 spiro atoms. The molecule has 0 aromatic heterocycles. The molecule has 3 heteroatoms. The quantitative estimate of drug-likeness (QED) is 0.907. The van der Waals surface area contributed by atoms with Gasteiger partial charge in [-0.1, -0.05) is 24.3 Å². The SMILES string of the molecule is COc1cccc(CC(C)(N)Cc2ccc(F)cc2)c1. The predicted octanol–water partition coefficient (Wildman–Crippen LogP) is 3.34. The molecule has 1 atom stereocenters. The van der Waals surface area contributed by atoms with Crippen LogP contribution in [0.1, 0.15) is 18.1 Å². The molecule has 0 radical (unpaired) electrons. The van der Waals surface area contributed by atoms with E-state index in [1.165, 1.54) is 12.1 Å². The summed E-state index contributed by atoms with van der Waals surface area (Å²) in [5.41, 5.74) is 8.17. The van der Waals surface area contributed by atoms with Crippen molar-refractivity contribution in [3.8, 4) is 5.75 Å².